The van der Waals surface area contributed by atoms with Crippen molar-refractivity contribution in [3.05, 3.63) is 83.9 Å². The third kappa shape index (κ3) is 8.85. The van der Waals surface area contributed by atoms with Crippen molar-refractivity contribution in [1.29, 1.82) is 0 Å². The average molecular weight is 617 g/mol. The number of rotatable bonds is 10. The molecular formula is C34H41FN6O4. The van der Waals surface area contributed by atoms with E-state index in [-0.39, 0.29) is 17.6 Å². The number of nitrogens with one attached hydrogen (secondary N) is 2. The van der Waals surface area contributed by atoms with E-state index >= 15 is 0 Å². The molecule has 45 heavy (non-hydrogen) atoms. The maximum absolute atomic E-state index is 13.7. The summed E-state index contributed by atoms with van der Waals surface area (Å²) in [4.78, 5) is 51.4. The van der Waals surface area contributed by atoms with Gasteiger partial charge in [0, 0.05) is 61.7 Å². The Hall–Kier alpha value is -4.38. The van der Waals surface area contributed by atoms with Crippen LogP contribution in [-0.2, 0) is 9.53 Å². The lowest BCUT2D eigenvalue weighted by molar-refractivity contribution is -0.135. The largest absolute Gasteiger partial charge is 0.444 e. The van der Waals surface area contributed by atoms with Crippen molar-refractivity contribution in [2.45, 2.75) is 63.6 Å². The van der Waals surface area contributed by atoms with Gasteiger partial charge in [0.25, 0.3) is 5.91 Å². The Morgan fingerprint density at radius 2 is 1.60 bits per heavy atom. The topological polar surface area (TPSA) is 117 Å². The molecule has 11 heteroatoms. The van der Waals surface area contributed by atoms with Crippen LogP contribution in [0.2, 0.25) is 0 Å². The number of hydrogen-bond donors (Lipinski definition) is 2. The number of aromatic nitrogens is 2. The molecule has 0 spiro atoms. The summed E-state index contributed by atoms with van der Waals surface area (Å²) in [5.74, 6) is 0.167. The van der Waals surface area contributed by atoms with Gasteiger partial charge in [-0.25, -0.2) is 19.2 Å². The SMILES string of the molecule is CC(C)(C)OC(=O)N1CCN(C(=O)[C@H](CCCN[C@@H]2C[C@H]2c2ccc(F)cc2)NC(=O)c2ccc(-c3ncccn3)cc2)CC1. The Balaban J connectivity index is 1.18. The number of benzene rings is 2. The number of hydrogen-bond acceptors (Lipinski definition) is 7. The van der Waals surface area contributed by atoms with E-state index in [1.165, 1.54) is 12.1 Å². The van der Waals surface area contributed by atoms with Gasteiger partial charge in [0.2, 0.25) is 5.91 Å². The number of ether oxygens (including phenoxy) is 1. The molecule has 1 aliphatic heterocycles. The molecule has 2 aromatic carbocycles. The summed E-state index contributed by atoms with van der Waals surface area (Å²) < 4.78 is 18.8. The molecule has 2 fully saturated rings. The number of carbonyl (C=O) groups is 3. The minimum Gasteiger partial charge on any atom is -0.444 e. The van der Waals surface area contributed by atoms with Gasteiger partial charge >= 0.3 is 6.09 Å². The Bertz CT molecular complexity index is 1450. The Morgan fingerprint density at radius 3 is 2.24 bits per heavy atom. The summed E-state index contributed by atoms with van der Waals surface area (Å²) in [6, 6.07) is 14.9. The van der Waals surface area contributed by atoms with E-state index in [9.17, 15) is 18.8 Å². The van der Waals surface area contributed by atoms with Gasteiger partial charge in [-0.15, -0.1) is 0 Å². The molecule has 2 N–H and O–H groups in total. The van der Waals surface area contributed by atoms with E-state index in [1.807, 2.05) is 32.9 Å². The Kier molecular flexibility index (Phi) is 10.1. The molecule has 5 rings (SSSR count). The minimum atomic E-state index is -0.725. The van der Waals surface area contributed by atoms with Crippen LogP contribution in [0.25, 0.3) is 11.4 Å². The molecule has 3 atom stereocenters. The van der Waals surface area contributed by atoms with Crippen LogP contribution in [0.4, 0.5) is 9.18 Å². The number of piperazine rings is 1. The highest BCUT2D eigenvalue weighted by molar-refractivity contribution is 5.97. The summed E-state index contributed by atoms with van der Waals surface area (Å²) in [5, 5.41) is 6.50. The van der Waals surface area contributed by atoms with Gasteiger partial charge < -0.3 is 25.2 Å². The number of nitrogens with zero attached hydrogens (tertiary/aromatic N) is 4. The van der Waals surface area contributed by atoms with E-state index in [2.05, 4.69) is 20.6 Å². The average Bonchev–Trinajstić information content (AvgIpc) is 3.81. The number of carbonyl (C=O) groups excluding carboxylic acids is 3. The van der Waals surface area contributed by atoms with Crippen LogP contribution in [0.3, 0.4) is 0 Å². The van der Waals surface area contributed by atoms with Gasteiger partial charge in [-0.3, -0.25) is 9.59 Å². The third-order valence-electron chi connectivity index (χ3n) is 7.98. The highest BCUT2D eigenvalue weighted by Gasteiger charge is 2.38. The Labute approximate surface area is 263 Å². The van der Waals surface area contributed by atoms with Crippen LogP contribution in [0.1, 0.15) is 61.9 Å². The molecule has 3 aromatic rings. The molecule has 2 heterocycles. The van der Waals surface area contributed by atoms with Crippen molar-refractivity contribution >= 4 is 17.9 Å². The van der Waals surface area contributed by atoms with Crippen molar-refractivity contribution in [2.75, 3.05) is 32.7 Å². The van der Waals surface area contributed by atoms with Crippen molar-refractivity contribution in [3.8, 4) is 11.4 Å². The second-order valence-corrected chi connectivity index (χ2v) is 12.6. The lowest BCUT2D eigenvalue weighted by Crippen LogP contribution is -2.56. The molecule has 1 aliphatic carbocycles. The molecule has 1 saturated heterocycles. The monoisotopic (exact) mass is 616 g/mol. The van der Waals surface area contributed by atoms with Crippen LogP contribution in [0, 0.1) is 5.82 Å². The van der Waals surface area contributed by atoms with Gasteiger partial charge in [-0.1, -0.05) is 24.3 Å². The molecule has 10 nitrogen and oxygen atoms in total. The van der Waals surface area contributed by atoms with Crippen molar-refractivity contribution in [1.82, 2.24) is 30.4 Å². The molecule has 0 unspecified atom stereocenters. The van der Waals surface area contributed by atoms with Crippen LogP contribution < -0.4 is 10.6 Å². The summed E-state index contributed by atoms with van der Waals surface area (Å²) in [5.41, 5.74) is 1.73. The molecular weight excluding hydrogens is 575 g/mol. The smallest absolute Gasteiger partial charge is 0.410 e. The van der Waals surface area contributed by atoms with Crippen LogP contribution >= 0.6 is 0 Å². The summed E-state index contributed by atoms with van der Waals surface area (Å²) in [6.07, 6.45) is 5.03. The van der Waals surface area contributed by atoms with Gasteiger partial charge in [0.15, 0.2) is 5.82 Å². The lowest BCUT2D eigenvalue weighted by Gasteiger charge is -2.37. The standard InChI is InChI=1S/C34H41FN6O4/c1-34(2,3)45-33(44)41-20-18-40(19-21-41)32(43)28(6-4-15-36-29-22-27(29)23-11-13-26(35)14-12-23)39-31(42)25-9-7-24(8-10-25)30-37-16-5-17-38-30/h5,7-14,16-17,27-29,36H,4,6,15,18-22H2,1-3H3,(H,39,42)/t27-,28-,29+/m0/s1. The first-order valence-corrected chi connectivity index (χ1v) is 15.5. The van der Waals surface area contributed by atoms with E-state index < -0.39 is 17.7 Å². The number of amides is 3. The fraction of sp³-hybridized carbons (Fsp3) is 0.441. The molecule has 1 aromatic heterocycles. The highest BCUT2D eigenvalue weighted by Crippen LogP contribution is 2.40. The minimum absolute atomic E-state index is 0.169. The molecule has 3 amide bonds. The predicted molar refractivity (Wildman–Crippen MR) is 168 cm³/mol. The fourth-order valence-electron chi connectivity index (χ4n) is 5.47. The van der Waals surface area contributed by atoms with Crippen molar-refractivity contribution in [3.63, 3.8) is 0 Å². The van der Waals surface area contributed by atoms with E-state index in [0.29, 0.717) is 68.9 Å². The molecule has 238 valence electrons. The fourth-order valence-corrected chi connectivity index (χ4v) is 5.47. The molecule has 1 saturated carbocycles. The zero-order chi connectivity index (χ0) is 32.0. The van der Waals surface area contributed by atoms with Crippen molar-refractivity contribution < 1.29 is 23.5 Å². The lowest BCUT2D eigenvalue weighted by atomic mass is 10.1. The summed E-state index contributed by atoms with van der Waals surface area (Å²) in [6.45, 7) is 7.58. The van der Waals surface area contributed by atoms with Crippen LogP contribution in [-0.4, -0.2) is 88.1 Å². The second kappa shape index (κ2) is 14.2. The van der Waals surface area contributed by atoms with Gasteiger partial charge in [0.1, 0.15) is 17.5 Å². The first kappa shape index (κ1) is 32.0. The van der Waals surface area contributed by atoms with E-state index in [1.54, 1.807) is 52.5 Å². The first-order chi connectivity index (χ1) is 21.6. The molecule has 2 aliphatic rings. The maximum atomic E-state index is 13.7. The quantitative estimate of drug-likeness (QED) is 0.325. The normalized spacial score (nSPS) is 18.7. The summed E-state index contributed by atoms with van der Waals surface area (Å²) >= 11 is 0. The van der Waals surface area contributed by atoms with Gasteiger partial charge in [-0.05, 0) is 82.5 Å². The predicted octanol–water partition coefficient (Wildman–Crippen LogP) is 4.39. The van der Waals surface area contributed by atoms with Crippen molar-refractivity contribution in [2.24, 2.45) is 0 Å². The van der Waals surface area contributed by atoms with Crippen LogP contribution in [0.5, 0.6) is 0 Å². The van der Waals surface area contributed by atoms with Crippen LogP contribution in [0.15, 0.2) is 67.0 Å². The first-order valence-electron chi connectivity index (χ1n) is 15.5. The summed E-state index contributed by atoms with van der Waals surface area (Å²) in [7, 11) is 0. The molecule has 0 radical (unpaired) electrons. The van der Waals surface area contributed by atoms with E-state index in [0.717, 1.165) is 17.5 Å². The highest BCUT2D eigenvalue weighted by atomic mass is 19.1. The molecule has 0 bridgehead atoms. The zero-order valence-corrected chi connectivity index (χ0v) is 26.0. The zero-order valence-electron chi connectivity index (χ0n) is 26.0. The second-order valence-electron chi connectivity index (χ2n) is 12.6. The third-order valence-corrected chi connectivity index (χ3v) is 7.98. The Morgan fingerprint density at radius 1 is 0.956 bits per heavy atom. The van der Waals surface area contributed by atoms with E-state index in [4.69, 9.17) is 4.74 Å². The van der Waals surface area contributed by atoms with Gasteiger partial charge in [0.05, 0.1) is 0 Å². The number of halogens is 1. The maximum Gasteiger partial charge on any atom is 0.410 e. The van der Waals surface area contributed by atoms with Gasteiger partial charge in [-0.2, -0.15) is 0 Å².